The first-order valence-corrected chi connectivity index (χ1v) is 7.90. The highest BCUT2D eigenvalue weighted by atomic mass is 32.1. The quantitative estimate of drug-likeness (QED) is 0.847. The molecule has 0 aliphatic rings. The predicted octanol–water partition coefficient (Wildman–Crippen LogP) is 2.46. The third kappa shape index (κ3) is 4.53. The zero-order chi connectivity index (χ0) is 17.0. The Morgan fingerprint density at radius 1 is 1.26 bits per heavy atom. The molecule has 0 aliphatic carbocycles. The van der Waals surface area contributed by atoms with Gasteiger partial charge in [-0.25, -0.2) is 9.78 Å². The molecule has 122 valence electrons. The summed E-state index contributed by atoms with van der Waals surface area (Å²) in [6.45, 7) is 5.45. The van der Waals surface area contributed by atoms with Crippen molar-refractivity contribution < 1.29 is 19.4 Å². The first-order valence-electron chi connectivity index (χ1n) is 7.02. The standard InChI is InChI=1S/C16H18N2O4S/c1-9-4-12(5-10(2)15(9)22-7-14(19)20)16(21)17-6-13-18-11(3)8-23-13/h4-5,8H,6-7H2,1-3H3,(H,17,21)(H,19,20). The molecule has 0 atom stereocenters. The highest BCUT2D eigenvalue weighted by Gasteiger charge is 2.13. The molecule has 7 heteroatoms. The van der Waals surface area contributed by atoms with Crippen LogP contribution in [0, 0.1) is 20.8 Å². The van der Waals surface area contributed by atoms with E-state index in [2.05, 4.69) is 10.3 Å². The first kappa shape index (κ1) is 17.0. The second-order valence-electron chi connectivity index (χ2n) is 5.19. The SMILES string of the molecule is Cc1csc(CNC(=O)c2cc(C)c(OCC(=O)O)c(C)c2)n1. The number of hydrogen-bond donors (Lipinski definition) is 2. The fraction of sp³-hybridized carbons (Fsp3) is 0.312. The minimum atomic E-state index is -1.04. The lowest BCUT2D eigenvalue weighted by atomic mass is 10.1. The third-order valence-electron chi connectivity index (χ3n) is 3.13. The van der Waals surface area contributed by atoms with Crippen molar-refractivity contribution in [3.8, 4) is 5.75 Å². The van der Waals surface area contributed by atoms with Crippen LogP contribution < -0.4 is 10.1 Å². The van der Waals surface area contributed by atoms with E-state index in [0.29, 0.717) is 17.9 Å². The number of carboxylic acids is 1. The highest BCUT2D eigenvalue weighted by Crippen LogP contribution is 2.25. The molecule has 1 aromatic carbocycles. The van der Waals surface area contributed by atoms with E-state index in [1.165, 1.54) is 11.3 Å². The number of aryl methyl sites for hydroxylation is 3. The van der Waals surface area contributed by atoms with Gasteiger partial charge >= 0.3 is 5.97 Å². The molecule has 1 aromatic heterocycles. The Bertz CT molecular complexity index is 716. The molecule has 2 rings (SSSR count). The molecule has 0 spiro atoms. The van der Waals surface area contributed by atoms with Crippen LogP contribution in [0.15, 0.2) is 17.5 Å². The lowest BCUT2D eigenvalue weighted by Crippen LogP contribution is -2.23. The number of hydrogen-bond acceptors (Lipinski definition) is 5. The van der Waals surface area contributed by atoms with Gasteiger partial charge in [-0.2, -0.15) is 0 Å². The number of thiazole rings is 1. The molecule has 1 heterocycles. The number of ether oxygens (including phenoxy) is 1. The van der Waals surface area contributed by atoms with Crippen molar-refractivity contribution in [1.82, 2.24) is 10.3 Å². The summed E-state index contributed by atoms with van der Waals surface area (Å²) in [7, 11) is 0. The van der Waals surface area contributed by atoms with E-state index in [4.69, 9.17) is 9.84 Å². The minimum Gasteiger partial charge on any atom is -0.481 e. The summed E-state index contributed by atoms with van der Waals surface area (Å²) in [5.74, 6) is -0.738. The van der Waals surface area contributed by atoms with Gasteiger partial charge in [-0.05, 0) is 44.0 Å². The normalized spacial score (nSPS) is 10.4. The van der Waals surface area contributed by atoms with Crippen molar-refractivity contribution >= 4 is 23.2 Å². The molecule has 0 bridgehead atoms. The van der Waals surface area contributed by atoms with Gasteiger partial charge in [0.15, 0.2) is 6.61 Å². The van der Waals surface area contributed by atoms with Gasteiger partial charge in [0.05, 0.1) is 6.54 Å². The van der Waals surface area contributed by atoms with Crippen molar-refractivity contribution in [3.63, 3.8) is 0 Å². The van der Waals surface area contributed by atoms with Gasteiger partial charge in [0.1, 0.15) is 10.8 Å². The monoisotopic (exact) mass is 334 g/mol. The number of amides is 1. The molecule has 2 aromatic rings. The number of benzene rings is 1. The maximum atomic E-state index is 12.2. The van der Waals surface area contributed by atoms with Crippen LogP contribution in [0.5, 0.6) is 5.75 Å². The molecule has 23 heavy (non-hydrogen) atoms. The van der Waals surface area contributed by atoms with Gasteiger partial charge in [-0.1, -0.05) is 0 Å². The number of rotatable bonds is 6. The van der Waals surface area contributed by atoms with Crippen molar-refractivity contribution in [2.75, 3.05) is 6.61 Å². The van der Waals surface area contributed by atoms with Gasteiger partial charge in [0.25, 0.3) is 5.91 Å². The molecule has 2 N–H and O–H groups in total. The number of nitrogens with one attached hydrogen (secondary N) is 1. The van der Waals surface area contributed by atoms with E-state index in [-0.39, 0.29) is 5.91 Å². The maximum Gasteiger partial charge on any atom is 0.341 e. The Morgan fingerprint density at radius 3 is 2.43 bits per heavy atom. The van der Waals surface area contributed by atoms with Crippen LogP contribution in [0.25, 0.3) is 0 Å². The van der Waals surface area contributed by atoms with E-state index >= 15 is 0 Å². The van der Waals surface area contributed by atoms with Gasteiger partial charge < -0.3 is 15.2 Å². The van der Waals surface area contributed by atoms with E-state index in [1.807, 2.05) is 12.3 Å². The number of aliphatic carboxylic acids is 1. The number of carbonyl (C=O) groups is 2. The number of carboxylic acid groups (broad SMARTS) is 1. The van der Waals surface area contributed by atoms with Crippen LogP contribution in [-0.4, -0.2) is 28.6 Å². The Kier molecular flexibility index (Phi) is 5.33. The lowest BCUT2D eigenvalue weighted by molar-refractivity contribution is -0.139. The summed E-state index contributed by atoms with van der Waals surface area (Å²) >= 11 is 1.50. The third-order valence-corrected chi connectivity index (χ3v) is 4.10. The second-order valence-corrected chi connectivity index (χ2v) is 6.13. The van der Waals surface area contributed by atoms with Crippen molar-refractivity contribution in [1.29, 1.82) is 0 Å². The number of aromatic nitrogens is 1. The topological polar surface area (TPSA) is 88.5 Å². The summed E-state index contributed by atoms with van der Waals surface area (Å²) in [6, 6.07) is 3.37. The van der Waals surface area contributed by atoms with Crippen molar-refractivity contribution in [2.24, 2.45) is 0 Å². The summed E-state index contributed by atoms with van der Waals surface area (Å²) in [4.78, 5) is 27.1. The summed E-state index contributed by atoms with van der Waals surface area (Å²) < 4.78 is 5.26. The Balaban J connectivity index is 2.07. The Morgan fingerprint density at radius 2 is 1.91 bits per heavy atom. The Labute approximate surface area is 138 Å². The van der Waals surface area contributed by atoms with Crippen LogP contribution in [0.3, 0.4) is 0 Å². The van der Waals surface area contributed by atoms with E-state index in [9.17, 15) is 9.59 Å². The highest BCUT2D eigenvalue weighted by molar-refractivity contribution is 7.09. The summed E-state index contributed by atoms with van der Waals surface area (Å²) in [5.41, 5.74) is 2.89. The average Bonchev–Trinajstić information content (AvgIpc) is 2.89. The van der Waals surface area contributed by atoms with E-state index in [1.54, 1.807) is 26.0 Å². The maximum absolute atomic E-state index is 12.2. The summed E-state index contributed by atoms with van der Waals surface area (Å²) in [5, 5.41) is 14.3. The largest absolute Gasteiger partial charge is 0.481 e. The molecule has 1 amide bonds. The molecule has 0 fully saturated rings. The fourth-order valence-corrected chi connectivity index (χ4v) is 2.90. The minimum absolute atomic E-state index is 0.200. The first-order chi connectivity index (χ1) is 10.9. The molecule has 0 saturated heterocycles. The number of nitrogens with zero attached hydrogens (tertiary/aromatic N) is 1. The van der Waals surface area contributed by atoms with Gasteiger partial charge in [-0.3, -0.25) is 4.79 Å². The zero-order valence-electron chi connectivity index (χ0n) is 13.2. The van der Waals surface area contributed by atoms with E-state index < -0.39 is 12.6 Å². The van der Waals surface area contributed by atoms with Gasteiger partial charge in [0.2, 0.25) is 0 Å². The molecule has 6 nitrogen and oxygen atoms in total. The molecule has 0 saturated carbocycles. The van der Waals surface area contributed by atoms with Crippen molar-refractivity contribution in [3.05, 3.63) is 44.9 Å². The molecule has 0 unspecified atom stereocenters. The molecule has 0 aliphatic heterocycles. The fourth-order valence-electron chi connectivity index (χ4n) is 2.18. The molecular formula is C16H18N2O4S. The second kappa shape index (κ2) is 7.23. The average molecular weight is 334 g/mol. The van der Waals surface area contributed by atoms with Crippen LogP contribution in [0.1, 0.15) is 32.2 Å². The van der Waals surface area contributed by atoms with Crippen LogP contribution in [0.2, 0.25) is 0 Å². The zero-order valence-corrected chi connectivity index (χ0v) is 14.0. The predicted molar refractivity (Wildman–Crippen MR) is 87.1 cm³/mol. The van der Waals surface area contributed by atoms with Crippen molar-refractivity contribution in [2.45, 2.75) is 27.3 Å². The number of carbonyl (C=O) groups excluding carboxylic acids is 1. The van der Waals surface area contributed by atoms with Crippen LogP contribution in [-0.2, 0) is 11.3 Å². The lowest BCUT2D eigenvalue weighted by Gasteiger charge is -2.12. The van der Waals surface area contributed by atoms with Crippen LogP contribution in [0.4, 0.5) is 0 Å². The molecule has 0 radical (unpaired) electrons. The summed E-state index contributed by atoms with van der Waals surface area (Å²) in [6.07, 6.45) is 0. The Hall–Kier alpha value is -2.41. The van der Waals surface area contributed by atoms with Crippen LogP contribution >= 0.6 is 11.3 Å². The van der Waals surface area contributed by atoms with Gasteiger partial charge in [-0.15, -0.1) is 11.3 Å². The molecular weight excluding hydrogens is 316 g/mol. The van der Waals surface area contributed by atoms with E-state index in [0.717, 1.165) is 21.8 Å². The smallest absolute Gasteiger partial charge is 0.341 e. The van der Waals surface area contributed by atoms with Gasteiger partial charge in [0, 0.05) is 16.6 Å².